The van der Waals surface area contributed by atoms with Gasteiger partial charge < -0.3 is 0 Å². The molecule has 1 heterocycles. The van der Waals surface area contributed by atoms with Crippen molar-refractivity contribution in [3.63, 3.8) is 0 Å². The van der Waals surface area contributed by atoms with Crippen LogP contribution in [0.2, 0.25) is 0 Å². The van der Waals surface area contributed by atoms with Gasteiger partial charge in [-0.25, -0.2) is 13.2 Å². The Hall–Kier alpha value is -1.92. The van der Waals surface area contributed by atoms with Crippen LogP contribution < -0.4 is 11.3 Å². The Morgan fingerprint density at radius 1 is 1.16 bits per heavy atom. The van der Waals surface area contributed by atoms with Crippen LogP contribution in [0.1, 0.15) is 17.2 Å². The molecule has 100 valence electrons. The molecule has 1 atom stereocenters. The molecule has 0 amide bonds. The summed E-state index contributed by atoms with van der Waals surface area (Å²) in [6, 6.07) is 4.90. The Bertz CT molecular complexity index is 561. The van der Waals surface area contributed by atoms with Crippen molar-refractivity contribution in [2.24, 2.45) is 5.84 Å². The van der Waals surface area contributed by atoms with E-state index in [9.17, 15) is 13.2 Å². The Balaban J connectivity index is 2.30. The summed E-state index contributed by atoms with van der Waals surface area (Å²) in [4.78, 5) is 3.92. The molecule has 0 bridgehead atoms. The molecule has 19 heavy (non-hydrogen) atoms. The number of aromatic nitrogens is 1. The number of nitrogens with two attached hydrogens (primary N) is 1. The third-order valence-corrected chi connectivity index (χ3v) is 2.80. The van der Waals surface area contributed by atoms with Crippen LogP contribution in [0.5, 0.6) is 0 Å². The molecule has 1 aromatic heterocycles. The lowest BCUT2D eigenvalue weighted by molar-refractivity contribution is 0.424. The smallest absolute Gasteiger partial charge is 0.194 e. The van der Waals surface area contributed by atoms with E-state index < -0.39 is 23.5 Å². The van der Waals surface area contributed by atoms with E-state index in [1.165, 1.54) is 6.07 Å². The van der Waals surface area contributed by atoms with Gasteiger partial charge in [0.25, 0.3) is 0 Å². The number of hydrazine groups is 1. The topological polar surface area (TPSA) is 50.9 Å². The summed E-state index contributed by atoms with van der Waals surface area (Å²) >= 11 is 0. The lowest BCUT2D eigenvalue weighted by Crippen LogP contribution is -2.30. The van der Waals surface area contributed by atoms with Crippen molar-refractivity contribution in [3.8, 4) is 0 Å². The van der Waals surface area contributed by atoms with Gasteiger partial charge in [0, 0.05) is 18.0 Å². The second-order valence-electron chi connectivity index (χ2n) is 4.05. The summed E-state index contributed by atoms with van der Waals surface area (Å²) in [5.74, 6) is 1.41. The molecular formula is C13H12F3N3. The first-order valence-corrected chi connectivity index (χ1v) is 5.62. The monoisotopic (exact) mass is 267 g/mol. The summed E-state index contributed by atoms with van der Waals surface area (Å²) in [6.45, 7) is 0. The quantitative estimate of drug-likeness (QED) is 0.507. The highest BCUT2D eigenvalue weighted by molar-refractivity contribution is 5.25. The molecule has 3 N–H and O–H groups in total. The van der Waals surface area contributed by atoms with Crippen LogP contribution in [0.25, 0.3) is 0 Å². The van der Waals surface area contributed by atoms with Crippen LogP contribution in [0.4, 0.5) is 13.2 Å². The number of rotatable bonds is 4. The first-order chi connectivity index (χ1) is 9.13. The second kappa shape index (κ2) is 5.81. The van der Waals surface area contributed by atoms with Gasteiger partial charge in [-0.15, -0.1) is 0 Å². The van der Waals surface area contributed by atoms with E-state index in [0.29, 0.717) is 6.42 Å². The predicted molar refractivity (Wildman–Crippen MR) is 64.3 cm³/mol. The minimum Gasteiger partial charge on any atom is -0.271 e. The normalized spacial score (nSPS) is 12.4. The Morgan fingerprint density at radius 3 is 2.58 bits per heavy atom. The zero-order chi connectivity index (χ0) is 13.8. The maximum absolute atomic E-state index is 13.7. The Labute approximate surface area is 108 Å². The van der Waals surface area contributed by atoms with E-state index in [1.807, 2.05) is 0 Å². The molecule has 1 aromatic carbocycles. The van der Waals surface area contributed by atoms with Crippen molar-refractivity contribution in [3.05, 3.63) is 65.2 Å². The van der Waals surface area contributed by atoms with Gasteiger partial charge in [0.15, 0.2) is 17.5 Å². The molecule has 2 aromatic rings. The fourth-order valence-corrected chi connectivity index (χ4v) is 1.82. The van der Waals surface area contributed by atoms with Crippen LogP contribution in [0.15, 0.2) is 36.7 Å². The van der Waals surface area contributed by atoms with E-state index in [4.69, 9.17) is 5.84 Å². The van der Waals surface area contributed by atoms with Crippen molar-refractivity contribution >= 4 is 0 Å². The molecule has 2 rings (SSSR count). The largest absolute Gasteiger partial charge is 0.271 e. The SMILES string of the molecule is NNC(Cc1cccnc1)c1ccc(F)c(F)c1F. The van der Waals surface area contributed by atoms with Gasteiger partial charge >= 0.3 is 0 Å². The summed E-state index contributed by atoms with van der Waals surface area (Å²) < 4.78 is 39.7. The molecule has 0 aliphatic carbocycles. The zero-order valence-electron chi connectivity index (χ0n) is 9.91. The fourth-order valence-electron chi connectivity index (χ4n) is 1.82. The van der Waals surface area contributed by atoms with E-state index >= 15 is 0 Å². The Kier molecular flexibility index (Phi) is 4.13. The number of hydrogen-bond acceptors (Lipinski definition) is 3. The van der Waals surface area contributed by atoms with Crippen LogP contribution >= 0.6 is 0 Å². The van der Waals surface area contributed by atoms with E-state index in [2.05, 4.69) is 10.4 Å². The number of halogens is 3. The van der Waals surface area contributed by atoms with Gasteiger partial charge in [-0.1, -0.05) is 12.1 Å². The van der Waals surface area contributed by atoms with E-state index in [0.717, 1.165) is 11.6 Å². The predicted octanol–water partition coefficient (Wildman–Crippen LogP) is 2.25. The molecule has 6 heteroatoms. The van der Waals surface area contributed by atoms with Crippen LogP contribution in [0.3, 0.4) is 0 Å². The average molecular weight is 267 g/mol. The van der Waals surface area contributed by atoms with Crippen LogP contribution in [-0.4, -0.2) is 4.98 Å². The fraction of sp³-hybridized carbons (Fsp3) is 0.154. The number of nitrogens with one attached hydrogen (secondary N) is 1. The van der Waals surface area contributed by atoms with Crippen molar-refractivity contribution < 1.29 is 13.2 Å². The minimum atomic E-state index is -1.50. The van der Waals surface area contributed by atoms with Gasteiger partial charge in [0.1, 0.15) is 0 Å². The highest BCUT2D eigenvalue weighted by Gasteiger charge is 2.20. The molecule has 1 unspecified atom stereocenters. The molecular weight excluding hydrogens is 255 g/mol. The highest BCUT2D eigenvalue weighted by Crippen LogP contribution is 2.23. The molecule has 0 spiro atoms. The molecule has 0 aliphatic heterocycles. The number of pyridine rings is 1. The lowest BCUT2D eigenvalue weighted by atomic mass is 9.99. The van der Waals surface area contributed by atoms with Crippen molar-refractivity contribution in [1.29, 1.82) is 0 Å². The van der Waals surface area contributed by atoms with Gasteiger partial charge in [-0.3, -0.25) is 16.3 Å². The van der Waals surface area contributed by atoms with Crippen molar-refractivity contribution in [2.75, 3.05) is 0 Å². The standard InChI is InChI=1S/C13H12F3N3/c14-10-4-3-9(12(15)13(10)16)11(19-17)6-8-2-1-5-18-7-8/h1-5,7,11,19H,6,17H2. The molecule has 0 saturated carbocycles. The lowest BCUT2D eigenvalue weighted by Gasteiger charge is -2.17. The molecule has 0 aliphatic rings. The first-order valence-electron chi connectivity index (χ1n) is 5.62. The third-order valence-electron chi connectivity index (χ3n) is 2.80. The summed E-state index contributed by atoms with van der Waals surface area (Å²) in [7, 11) is 0. The zero-order valence-corrected chi connectivity index (χ0v) is 9.91. The van der Waals surface area contributed by atoms with E-state index in [1.54, 1.807) is 24.5 Å². The van der Waals surface area contributed by atoms with Gasteiger partial charge in [-0.2, -0.15) is 0 Å². The number of benzene rings is 1. The van der Waals surface area contributed by atoms with Gasteiger partial charge in [-0.05, 0) is 24.1 Å². The highest BCUT2D eigenvalue weighted by atomic mass is 19.2. The third kappa shape index (κ3) is 2.91. The molecule has 3 nitrogen and oxygen atoms in total. The summed E-state index contributed by atoms with van der Waals surface area (Å²) in [6.07, 6.45) is 3.51. The van der Waals surface area contributed by atoms with Crippen LogP contribution in [0, 0.1) is 17.5 Å². The minimum absolute atomic E-state index is 0.0229. The number of hydrogen-bond donors (Lipinski definition) is 2. The maximum atomic E-state index is 13.7. The van der Waals surface area contributed by atoms with Gasteiger partial charge in [0.2, 0.25) is 0 Å². The molecule has 0 saturated heterocycles. The molecule has 0 fully saturated rings. The summed E-state index contributed by atoms with van der Waals surface area (Å²) in [5.41, 5.74) is 3.18. The van der Waals surface area contributed by atoms with Gasteiger partial charge in [0.05, 0.1) is 6.04 Å². The van der Waals surface area contributed by atoms with E-state index in [-0.39, 0.29) is 5.56 Å². The summed E-state index contributed by atoms with van der Waals surface area (Å²) in [5, 5.41) is 0. The second-order valence-corrected chi connectivity index (χ2v) is 4.05. The Morgan fingerprint density at radius 2 is 1.95 bits per heavy atom. The number of nitrogens with zero attached hydrogens (tertiary/aromatic N) is 1. The average Bonchev–Trinajstić information content (AvgIpc) is 2.44. The van der Waals surface area contributed by atoms with Crippen molar-refractivity contribution in [2.45, 2.75) is 12.5 Å². The van der Waals surface area contributed by atoms with Crippen molar-refractivity contribution in [1.82, 2.24) is 10.4 Å². The molecule has 0 radical (unpaired) electrons. The van der Waals surface area contributed by atoms with Crippen LogP contribution in [-0.2, 0) is 6.42 Å². The maximum Gasteiger partial charge on any atom is 0.194 e. The first kappa shape index (κ1) is 13.5.